The van der Waals surface area contributed by atoms with Crippen LogP contribution < -0.4 is 15.6 Å². The van der Waals surface area contributed by atoms with E-state index in [2.05, 4.69) is 34.3 Å². The minimum absolute atomic E-state index is 0.0123. The maximum Gasteiger partial charge on any atom is 0.303 e. The smallest absolute Gasteiger partial charge is 0.303 e. The summed E-state index contributed by atoms with van der Waals surface area (Å²) in [5, 5.41) is 20.8. The molecule has 9 nitrogen and oxygen atoms in total. The second-order valence-electron chi connectivity index (χ2n) is 8.01. The highest BCUT2D eigenvalue weighted by Crippen LogP contribution is 2.23. The van der Waals surface area contributed by atoms with Gasteiger partial charge >= 0.3 is 5.97 Å². The van der Waals surface area contributed by atoms with Crippen molar-refractivity contribution in [3.63, 3.8) is 0 Å². The van der Waals surface area contributed by atoms with Gasteiger partial charge in [0.05, 0.1) is 13.0 Å². The van der Waals surface area contributed by atoms with Crippen LogP contribution >= 0.6 is 11.6 Å². The average molecular weight is 522 g/mol. The van der Waals surface area contributed by atoms with E-state index in [0.717, 1.165) is 5.56 Å². The fraction of sp³-hybridized carbons (Fsp3) is 0.222. The zero-order valence-electron chi connectivity index (χ0n) is 20.6. The number of carboxylic acids is 1. The molecule has 0 fully saturated rings. The summed E-state index contributed by atoms with van der Waals surface area (Å²) < 4.78 is 7.12. The molecule has 0 aliphatic heterocycles. The van der Waals surface area contributed by atoms with Crippen molar-refractivity contribution >= 4 is 29.2 Å². The number of benzene rings is 2. The summed E-state index contributed by atoms with van der Waals surface area (Å²) in [6, 6.07) is 19.5. The van der Waals surface area contributed by atoms with Crippen molar-refractivity contribution in [2.24, 2.45) is 0 Å². The Kier molecular flexibility index (Phi) is 10.2. The van der Waals surface area contributed by atoms with Crippen LogP contribution in [0.2, 0.25) is 5.02 Å². The lowest BCUT2D eigenvalue weighted by Gasteiger charge is -2.14. The summed E-state index contributed by atoms with van der Waals surface area (Å²) in [6.07, 6.45) is 2.67. The molecule has 0 saturated heterocycles. The van der Waals surface area contributed by atoms with Crippen LogP contribution in [0.5, 0.6) is 11.6 Å². The highest BCUT2D eigenvalue weighted by atomic mass is 35.5. The zero-order chi connectivity index (χ0) is 26.6. The van der Waals surface area contributed by atoms with Crippen LogP contribution in [-0.4, -0.2) is 30.8 Å². The van der Waals surface area contributed by atoms with Gasteiger partial charge in [0.25, 0.3) is 5.56 Å². The largest absolute Gasteiger partial charge is 0.481 e. The maximum absolute atomic E-state index is 13.1. The molecule has 0 bridgehead atoms. The third-order valence-electron chi connectivity index (χ3n) is 4.81. The topological polar surface area (TPSA) is 119 Å². The van der Waals surface area contributed by atoms with Crippen LogP contribution in [0, 0.1) is 0 Å². The van der Waals surface area contributed by atoms with Crippen molar-refractivity contribution in [3.8, 4) is 11.6 Å². The molecule has 37 heavy (non-hydrogen) atoms. The second-order valence-corrected chi connectivity index (χ2v) is 8.44. The molecule has 2 heterocycles. The molecular formula is C27H28ClN5O4. The molecule has 4 rings (SSSR count). The number of nitrogens with one attached hydrogen (secondary N) is 1. The predicted molar refractivity (Wildman–Crippen MR) is 143 cm³/mol. The van der Waals surface area contributed by atoms with Gasteiger partial charge in [-0.25, -0.2) is 4.98 Å². The molecule has 2 aromatic heterocycles. The minimum Gasteiger partial charge on any atom is -0.481 e. The monoisotopic (exact) mass is 521 g/mol. The SMILES string of the molecule is CCC.O=C(O)CCc1nnc(Nc2ccc(Oc3ccccn3)cc2)n(Cc2ccc(Cl)cc2)c1=O. The molecule has 0 aliphatic carbocycles. The van der Waals surface area contributed by atoms with E-state index in [0.29, 0.717) is 22.3 Å². The van der Waals surface area contributed by atoms with E-state index in [-0.39, 0.29) is 31.0 Å². The number of aliphatic carboxylic acids is 1. The van der Waals surface area contributed by atoms with Crippen molar-refractivity contribution in [1.82, 2.24) is 19.7 Å². The van der Waals surface area contributed by atoms with E-state index in [1.807, 2.05) is 6.07 Å². The summed E-state index contributed by atoms with van der Waals surface area (Å²) >= 11 is 5.97. The average Bonchev–Trinajstić information content (AvgIpc) is 2.89. The quantitative estimate of drug-likeness (QED) is 0.287. The second kappa shape index (κ2) is 13.7. The molecule has 0 saturated carbocycles. The number of ether oxygens (including phenoxy) is 1. The summed E-state index contributed by atoms with van der Waals surface area (Å²) in [7, 11) is 0. The Morgan fingerprint density at radius 3 is 2.35 bits per heavy atom. The van der Waals surface area contributed by atoms with Gasteiger partial charge in [-0.15, -0.1) is 10.2 Å². The van der Waals surface area contributed by atoms with Crippen LogP contribution in [-0.2, 0) is 17.8 Å². The third kappa shape index (κ3) is 8.43. The first-order chi connectivity index (χ1) is 17.9. The summed E-state index contributed by atoms with van der Waals surface area (Å²) in [6.45, 7) is 4.45. The molecule has 0 aliphatic rings. The first kappa shape index (κ1) is 27.3. The summed E-state index contributed by atoms with van der Waals surface area (Å²) in [4.78, 5) is 28.2. The number of carboxylic acid groups (broad SMARTS) is 1. The van der Waals surface area contributed by atoms with Crippen LogP contribution in [0.1, 0.15) is 37.9 Å². The van der Waals surface area contributed by atoms with Crippen molar-refractivity contribution < 1.29 is 14.6 Å². The number of hydrogen-bond donors (Lipinski definition) is 2. The van der Waals surface area contributed by atoms with Gasteiger partial charge in [0, 0.05) is 29.4 Å². The number of rotatable bonds is 9. The molecule has 0 spiro atoms. The lowest BCUT2D eigenvalue weighted by molar-refractivity contribution is -0.136. The van der Waals surface area contributed by atoms with E-state index in [1.165, 1.54) is 11.0 Å². The number of hydrogen-bond acceptors (Lipinski definition) is 7. The molecule has 0 amide bonds. The van der Waals surface area contributed by atoms with Gasteiger partial charge in [0.2, 0.25) is 11.8 Å². The number of nitrogens with zero attached hydrogens (tertiary/aromatic N) is 4. The molecule has 10 heteroatoms. The van der Waals surface area contributed by atoms with Crippen molar-refractivity contribution in [3.05, 3.63) is 99.6 Å². The van der Waals surface area contributed by atoms with Crippen LogP contribution in [0.15, 0.2) is 77.7 Å². The van der Waals surface area contributed by atoms with E-state index in [4.69, 9.17) is 21.4 Å². The molecule has 0 unspecified atom stereocenters. The summed E-state index contributed by atoms with van der Waals surface area (Å²) in [5.41, 5.74) is 1.15. The highest BCUT2D eigenvalue weighted by Gasteiger charge is 2.14. The van der Waals surface area contributed by atoms with Gasteiger partial charge in [0.1, 0.15) is 11.4 Å². The van der Waals surface area contributed by atoms with Gasteiger partial charge < -0.3 is 15.2 Å². The van der Waals surface area contributed by atoms with Crippen LogP contribution in [0.3, 0.4) is 0 Å². The van der Waals surface area contributed by atoms with Gasteiger partial charge in [-0.1, -0.05) is 50.1 Å². The van der Waals surface area contributed by atoms with Crippen molar-refractivity contribution in [2.75, 3.05) is 5.32 Å². The normalized spacial score (nSPS) is 10.2. The Hall–Kier alpha value is -4.24. The van der Waals surface area contributed by atoms with Crippen LogP contribution in [0.4, 0.5) is 11.6 Å². The third-order valence-corrected chi connectivity index (χ3v) is 5.07. The molecule has 0 radical (unpaired) electrons. The van der Waals surface area contributed by atoms with E-state index in [9.17, 15) is 9.59 Å². The Balaban J connectivity index is 0.00000121. The predicted octanol–water partition coefficient (Wildman–Crippen LogP) is 5.70. The van der Waals surface area contributed by atoms with Gasteiger partial charge in [-0.2, -0.15) is 0 Å². The van der Waals surface area contributed by atoms with Gasteiger partial charge in [-0.3, -0.25) is 14.2 Å². The number of anilines is 2. The maximum atomic E-state index is 13.1. The Bertz CT molecular complexity index is 1340. The molecular weight excluding hydrogens is 494 g/mol. The summed E-state index contributed by atoms with van der Waals surface area (Å²) in [5.74, 6) is 0.277. The number of aromatic nitrogens is 4. The zero-order valence-corrected chi connectivity index (χ0v) is 21.4. The lowest BCUT2D eigenvalue weighted by Crippen LogP contribution is -2.29. The lowest BCUT2D eigenvalue weighted by atomic mass is 10.2. The highest BCUT2D eigenvalue weighted by molar-refractivity contribution is 6.30. The fourth-order valence-electron chi connectivity index (χ4n) is 3.11. The first-order valence-corrected chi connectivity index (χ1v) is 12.2. The molecule has 2 aromatic carbocycles. The van der Waals surface area contributed by atoms with Crippen LogP contribution in [0.25, 0.3) is 0 Å². The Morgan fingerprint density at radius 2 is 1.73 bits per heavy atom. The Labute approximate surface area is 219 Å². The number of aryl methyl sites for hydroxylation is 1. The van der Waals surface area contributed by atoms with E-state index in [1.54, 1.807) is 66.9 Å². The van der Waals surface area contributed by atoms with Crippen molar-refractivity contribution in [1.29, 1.82) is 0 Å². The number of halogens is 1. The Morgan fingerprint density at radius 1 is 1.03 bits per heavy atom. The number of pyridine rings is 1. The standard InChI is InChI=1S/C24H20ClN5O4.C3H8/c25-17-6-4-16(5-7-17)15-30-23(33)20(12-13-22(31)32)28-29-24(30)27-18-8-10-19(11-9-18)34-21-3-1-2-14-26-21;1-3-2/h1-11,14H,12-13,15H2,(H,27,29)(H,31,32);3H2,1-2H3. The van der Waals surface area contributed by atoms with Gasteiger partial charge in [-0.05, 0) is 48.0 Å². The molecule has 0 atom stereocenters. The van der Waals surface area contributed by atoms with E-state index < -0.39 is 11.5 Å². The minimum atomic E-state index is -1.01. The van der Waals surface area contributed by atoms with Crippen molar-refractivity contribution in [2.45, 2.75) is 39.7 Å². The molecule has 4 aromatic rings. The fourth-order valence-corrected chi connectivity index (χ4v) is 3.24. The number of carbonyl (C=O) groups is 1. The van der Waals surface area contributed by atoms with E-state index >= 15 is 0 Å². The first-order valence-electron chi connectivity index (χ1n) is 11.8. The van der Waals surface area contributed by atoms with Gasteiger partial charge in [0.15, 0.2) is 0 Å². The molecule has 2 N–H and O–H groups in total. The molecule has 192 valence electrons.